The zero-order valence-corrected chi connectivity index (χ0v) is 23.3. The summed E-state index contributed by atoms with van der Waals surface area (Å²) in [5.41, 5.74) is 4.83. The molecule has 196 valence electrons. The summed E-state index contributed by atoms with van der Waals surface area (Å²) >= 11 is 1.57. The molecule has 0 radical (unpaired) electrons. The van der Waals surface area contributed by atoms with Crippen molar-refractivity contribution >= 4 is 32.3 Å². The number of fused-ring (bicyclic) bond motifs is 2. The molecule has 0 aliphatic carbocycles. The highest BCUT2D eigenvalue weighted by Gasteiger charge is 2.46. The predicted octanol–water partition coefficient (Wildman–Crippen LogP) is 9.92. The molecule has 0 saturated heterocycles. The number of thiazole rings is 1. The molecular weight excluding hydrogens is 501 g/mol. The Hall–Kier alpha value is -3.25. The molecule has 2 heterocycles. The monoisotopic (exact) mass is 532 g/mol. The summed E-state index contributed by atoms with van der Waals surface area (Å²) in [6, 6.07) is 20.2. The zero-order chi connectivity index (χ0) is 27.5. The first-order valence-electron chi connectivity index (χ1n) is 12.7. The molecule has 2 aromatic heterocycles. The highest BCUT2D eigenvalue weighted by Crippen LogP contribution is 2.42. The third-order valence-corrected chi connectivity index (χ3v) is 8.27. The van der Waals surface area contributed by atoms with Crippen LogP contribution in [0, 0.1) is 12.3 Å². The van der Waals surface area contributed by atoms with E-state index in [4.69, 9.17) is 9.97 Å². The lowest BCUT2D eigenvalue weighted by atomic mass is 9.82. The number of rotatable bonds is 4. The second-order valence-corrected chi connectivity index (χ2v) is 12.7. The third-order valence-electron chi connectivity index (χ3n) is 7.16. The molecule has 5 rings (SSSR count). The van der Waals surface area contributed by atoms with E-state index in [2.05, 4.69) is 57.2 Å². The van der Waals surface area contributed by atoms with Gasteiger partial charge in [-0.05, 0) is 58.4 Å². The van der Waals surface area contributed by atoms with Crippen LogP contribution in [0.15, 0.2) is 66.9 Å². The maximum atomic E-state index is 13.4. The lowest BCUT2D eigenvalue weighted by Gasteiger charge is -2.27. The number of hydrogen-bond donors (Lipinski definition) is 0. The molecule has 0 spiro atoms. The molecule has 6 heteroatoms. The fraction of sp³-hybridized carbons (Fsp3) is 0.312. The van der Waals surface area contributed by atoms with Crippen molar-refractivity contribution < 1.29 is 13.2 Å². The quantitative estimate of drug-likeness (QED) is 0.230. The first kappa shape index (κ1) is 26.4. The molecule has 0 aliphatic rings. The van der Waals surface area contributed by atoms with E-state index in [-0.39, 0.29) is 11.8 Å². The Balaban J connectivity index is 1.59. The summed E-state index contributed by atoms with van der Waals surface area (Å²) in [5.74, 6) is 0. The average molecular weight is 533 g/mol. The van der Waals surface area contributed by atoms with E-state index in [1.54, 1.807) is 23.5 Å². The zero-order valence-electron chi connectivity index (χ0n) is 22.5. The van der Waals surface area contributed by atoms with E-state index >= 15 is 0 Å². The summed E-state index contributed by atoms with van der Waals surface area (Å²) in [7, 11) is 0. The third kappa shape index (κ3) is 4.82. The maximum absolute atomic E-state index is 13.4. The van der Waals surface area contributed by atoms with E-state index < -0.39 is 11.6 Å². The molecule has 0 fully saturated rings. The van der Waals surface area contributed by atoms with Crippen LogP contribution in [0.3, 0.4) is 0 Å². The van der Waals surface area contributed by atoms with Crippen molar-refractivity contribution in [1.29, 1.82) is 0 Å². The van der Waals surface area contributed by atoms with Gasteiger partial charge in [-0.3, -0.25) is 4.98 Å². The first-order valence-corrected chi connectivity index (χ1v) is 13.5. The number of nitrogens with zero attached hydrogens (tertiary/aromatic N) is 2. The molecule has 0 unspecified atom stereocenters. The average Bonchev–Trinajstić information content (AvgIpc) is 3.29. The van der Waals surface area contributed by atoms with Gasteiger partial charge in [0.1, 0.15) is 5.01 Å². The van der Waals surface area contributed by atoms with Crippen molar-refractivity contribution in [3.05, 3.63) is 83.6 Å². The van der Waals surface area contributed by atoms with Crippen LogP contribution >= 0.6 is 11.3 Å². The van der Waals surface area contributed by atoms with Crippen molar-refractivity contribution in [2.24, 2.45) is 5.41 Å². The van der Waals surface area contributed by atoms with Gasteiger partial charge in [0.2, 0.25) is 0 Å². The predicted molar refractivity (Wildman–Crippen MR) is 153 cm³/mol. The van der Waals surface area contributed by atoms with E-state index in [9.17, 15) is 13.2 Å². The smallest absolute Gasteiger partial charge is 0.254 e. The van der Waals surface area contributed by atoms with Crippen LogP contribution in [-0.2, 0) is 11.8 Å². The number of pyridine rings is 1. The Morgan fingerprint density at radius 3 is 2.18 bits per heavy atom. The van der Waals surface area contributed by atoms with Crippen LogP contribution in [0.25, 0.3) is 42.8 Å². The van der Waals surface area contributed by atoms with Gasteiger partial charge >= 0.3 is 6.18 Å². The van der Waals surface area contributed by atoms with Crippen LogP contribution < -0.4 is 0 Å². The van der Waals surface area contributed by atoms with Gasteiger partial charge < -0.3 is 0 Å². The normalized spacial score (nSPS) is 13.0. The second-order valence-electron chi connectivity index (χ2n) is 11.7. The van der Waals surface area contributed by atoms with Gasteiger partial charge in [0, 0.05) is 17.3 Å². The molecule has 3 aromatic carbocycles. The number of aryl methyl sites for hydroxylation is 1. The van der Waals surface area contributed by atoms with Gasteiger partial charge in [-0.1, -0.05) is 83.1 Å². The van der Waals surface area contributed by atoms with Gasteiger partial charge in [-0.25, -0.2) is 4.98 Å². The number of hydrogen-bond acceptors (Lipinski definition) is 3. The van der Waals surface area contributed by atoms with Gasteiger partial charge in [0.15, 0.2) is 0 Å². The molecule has 2 nitrogen and oxygen atoms in total. The summed E-state index contributed by atoms with van der Waals surface area (Å²) < 4.78 is 41.1. The summed E-state index contributed by atoms with van der Waals surface area (Å²) in [5, 5.41) is 3.24. The van der Waals surface area contributed by atoms with Gasteiger partial charge in [0.05, 0.1) is 21.3 Å². The Bertz CT molecular complexity index is 1640. The van der Waals surface area contributed by atoms with E-state index in [1.165, 1.54) is 30.2 Å². The van der Waals surface area contributed by atoms with Crippen molar-refractivity contribution in [2.75, 3.05) is 0 Å². The van der Waals surface area contributed by atoms with Crippen molar-refractivity contribution in [1.82, 2.24) is 9.97 Å². The van der Waals surface area contributed by atoms with Gasteiger partial charge in [-0.15, -0.1) is 11.3 Å². The number of halogens is 3. The first-order chi connectivity index (χ1) is 17.7. The Kier molecular flexibility index (Phi) is 6.38. The van der Waals surface area contributed by atoms with Crippen LogP contribution in [0.1, 0.15) is 51.3 Å². The van der Waals surface area contributed by atoms with Crippen molar-refractivity contribution in [2.45, 2.75) is 59.6 Å². The molecule has 0 saturated carbocycles. The molecule has 5 aromatic rings. The number of benzene rings is 3. The largest absolute Gasteiger partial charge is 0.394 e. The second kappa shape index (κ2) is 9.19. The minimum Gasteiger partial charge on any atom is -0.254 e. The Labute approximate surface area is 225 Å². The van der Waals surface area contributed by atoms with Crippen molar-refractivity contribution in [3.63, 3.8) is 0 Å². The summed E-state index contributed by atoms with van der Waals surface area (Å²) in [6.07, 6.45) is -2.45. The lowest BCUT2D eigenvalue weighted by molar-refractivity contribution is -0.211. The number of aromatic nitrogens is 2. The fourth-order valence-corrected chi connectivity index (χ4v) is 5.96. The molecule has 38 heavy (non-hydrogen) atoms. The Morgan fingerprint density at radius 1 is 0.842 bits per heavy atom. The fourth-order valence-electron chi connectivity index (χ4n) is 4.80. The standard InChI is InChI=1S/C32H31F3N2S/c1-19-18-36-27(23-15-22-9-7-8-10-24(22)25(16-23)30(2,3)4)28-26(19)37-29(38-28)21-13-11-20(12-14-21)17-31(5,6)32(33,34)35/h7-16,18H,17H2,1-6H3. The minimum absolute atomic E-state index is 0.0410. The summed E-state index contributed by atoms with van der Waals surface area (Å²) in [6.45, 7) is 11.2. The van der Waals surface area contributed by atoms with Gasteiger partial charge in [0.25, 0.3) is 0 Å². The maximum Gasteiger partial charge on any atom is 0.394 e. The van der Waals surface area contributed by atoms with E-state index in [0.717, 1.165) is 37.6 Å². The van der Waals surface area contributed by atoms with Crippen LogP contribution in [0.4, 0.5) is 13.2 Å². The van der Waals surface area contributed by atoms with Crippen LogP contribution in [0.5, 0.6) is 0 Å². The van der Waals surface area contributed by atoms with Crippen LogP contribution in [-0.4, -0.2) is 16.1 Å². The SMILES string of the molecule is Cc1cnc(-c2cc(C(C)(C)C)c3ccccc3c2)c2sc(-c3ccc(CC(C)(C)C(F)(F)F)cc3)nc12. The lowest BCUT2D eigenvalue weighted by Crippen LogP contribution is -2.34. The molecular formula is C32H31F3N2S. The van der Waals surface area contributed by atoms with E-state index in [1.807, 2.05) is 25.3 Å². The molecule has 0 amide bonds. The topological polar surface area (TPSA) is 25.8 Å². The molecule has 0 N–H and O–H groups in total. The molecule has 0 atom stereocenters. The number of alkyl halides is 3. The Morgan fingerprint density at radius 2 is 1.53 bits per heavy atom. The minimum atomic E-state index is -4.25. The molecule has 0 bridgehead atoms. The highest BCUT2D eigenvalue weighted by atomic mass is 32.1. The van der Waals surface area contributed by atoms with Gasteiger partial charge in [-0.2, -0.15) is 13.2 Å². The summed E-state index contributed by atoms with van der Waals surface area (Å²) in [4.78, 5) is 9.80. The van der Waals surface area contributed by atoms with Crippen molar-refractivity contribution in [3.8, 4) is 21.8 Å². The highest BCUT2D eigenvalue weighted by molar-refractivity contribution is 7.22. The van der Waals surface area contributed by atoms with E-state index in [0.29, 0.717) is 5.56 Å². The molecule has 0 aliphatic heterocycles. The van der Waals surface area contributed by atoms with Crippen LogP contribution in [0.2, 0.25) is 0 Å².